The maximum Gasteiger partial charge on any atom is 0.246 e. The van der Waals surface area contributed by atoms with Crippen LogP contribution in [0.15, 0.2) is 41.3 Å². The molecule has 0 bridgehead atoms. The van der Waals surface area contributed by atoms with Crippen LogP contribution in [0.2, 0.25) is 0 Å². The maximum absolute atomic E-state index is 13.3. The van der Waals surface area contributed by atoms with E-state index in [1.807, 2.05) is 66.7 Å². The first-order valence-corrected chi connectivity index (χ1v) is 13.6. The Kier molecular flexibility index (Phi) is 12.4. The Bertz CT molecular complexity index is 1060. The van der Waals surface area contributed by atoms with E-state index in [1.165, 1.54) is 22.5 Å². The number of hydrogen-bond acceptors (Lipinski definition) is 6. The number of benzene rings is 2. The van der Waals surface area contributed by atoms with Crippen LogP contribution in [0.1, 0.15) is 52.2 Å². The summed E-state index contributed by atoms with van der Waals surface area (Å²) in [5.41, 5.74) is 2.04. The minimum absolute atomic E-state index is 0.0417. The topological polar surface area (TPSA) is 96.4 Å². The Labute approximate surface area is 216 Å². The minimum Gasteiger partial charge on any atom is -0.508 e. The van der Waals surface area contributed by atoms with Gasteiger partial charge in [-0.25, -0.2) is 8.42 Å². The molecule has 1 saturated heterocycles. The van der Waals surface area contributed by atoms with E-state index in [9.17, 15) is 18.3 Å². The van der Waals surface area contributed by atoms with E-state index >= 15 is 0 Å². The lowest BCUT2D eigenvalue weighted by Gasteiger charge is -2.22. The third-order valence-electron chi connectivity index (χ3n) is 5.22. The van der Waals surface area contributed by atoms with Crippen LogP contribution in [0, 0.1) is 13.8 Å². The van der Waals surface area contributed by atoms with Crippen LogP contribution < -0.4 is 4.74 Å². The number of carbonyl (C=O) groups excluding carboxylic acids is 1. The molecule has 0 atom stereocenters. The van der Waals surface area contributed by atoms with Gasteiger partial charge in [-0.15, -0.1) is 0 Å². The largest absolute Gasteiger partial charge is 0.508 e. The van der Waals surface area contributed by atoms with Gasteiger partial charge in [0.05, 0.1) is 5.60 Å². The second-order valence-corrected chi connectivity index (χ2v) is 11.2. The fraction of sp³-hybridized carbons (Fsp3) is 0.519. The Morgan fingerprint density at radius 1 is 0.944 bits per heavy atom. The van der Waals surface area contributed by atoms with Gasteiger partial charge in [-0.3, -0.25) is 4.79 Å². The van der Waals surface area contributed by atoms with Gasteiger partial charge in [-0.1, -0.05) is 19.9 Å². The number of aromatic hydroxyl groups is 1. The maximum atomic E-state index is 13.3. The lowest BCUT2D eigenvalue weighted by Crippen LogP contribution is -2.35. The van der Waals surface area contributed by atoms with Crippen molar-refractivity contribution in [3.8, 4) is 17.2 Å². The van der Waals surface area contributed by atoms with Crippen LogP contribution in [0.3, 0.4) is 0 Å². The predicted octanol–water partition coefficient (Wildman–Crippen LogP) is 5.11. The number of amides is 1. The van der Waals surface area contributed by atoms with Crippen molar-refractivity contribution in [2.24, 2.45) is 0 Å². The molecular formula is C27H42N2O6S. The summed E-state index contributed by atoms with van der Waals surface area (Å²) < 4.78 is 38.7. The van der Waals surface area contributed by atoms with Gasteiger partial charge in [0.25, 0.3) is 0 Å². The van der Waals surface area contributed by atoms with E-state index in [0.29, 0.717) is 31.8 Å². The van der Waals surface area contributed by atoms with Gasteiger partial charge in [0, 0.05) is 39.4 Å². The van der Waals surface area contributed by atoms with Crippen molar-refractivity contribution < 1.29 is 27.8 Å². The fourth-order valence-electron chi connectivity index (χ4n) is 3.30. The molecule has 8 nitrogen and oxygen atoms in total. The predicted molar refractivity (Wildman–Crippen MR) is 143 cm³/mol. The smallest absolute Gasteiger partial charge is 0.246 e. The molecule has 9 heteroatoms. The Morgan fingerprint density at radius 3 is 2.06 bits per heavy atom. The third kappa shape index (κ3) is 9.79. The summed E-state index contributed by atoms with van der Waals surface area (Å²) in [6.07, 6.45) is 1.28. The molecule has 36 heavy (non-hydrogen) atoms. The summed E-state index contributed by atoms with van der Waals surface area (Å²) >= 11 is 0. The standard InChI is InChI=1S/C20H24N2O5S.C5H12O.C2H6/c1-15-10-16(2)12-18(11-15)27-19-5-4-17(24)13-20(19)28(25,26)22-7-3-6-21(14-23)8-9-22;1-5(2,3)6-4;1-2/h4-5,10-14,24H,3,6-9H2,1-2H3;1-4H3;1-2H3. The molecule has 1 fully saturated rings. The Balaban J connectivity index is 0.000000710. The second-order valence-electron chi connectivity index (χ2n) is 9.27. The highest BCUT2D eigenvalue weighted by Crippen LogP contribution is 2.34. The molecule has 2 aromatic rings. The first-order valence-electron chi connectivity index (χ1n) is 12.2. The first-order chi connectivity index (χ1) is 16.9. The molecule has 1 amide bonds. The highest BCUT2D eigenvalue weighted by molar-refractivity contribution is 7.89. The highest BCUT2D eigenvalue weighted by atomic mass is 32.2. The molecule has 1 aliphatic rings. The number of hydrogen-bond donors (Lipinski definition) is 1. The van der Waals surface area contributed by atoms with Crippen molar-refractivity contribution in [3.05, 3.63) is 47.5 Å². The average Bonchev–Trinajstić information content (AvgIpc) is 3.07. The van der Waals surface area contributed by atoms with Crippen LogP contribution in [0.4, 0.5) is 0 Å². The van der Waals surface area contributed by atoms with Crippen LogP contribution in [-0.2, 0) is 19.6 Å². The van der Waals surface area contributed by atoms with Gasteiger partial charge < -0.3 is 19.5 Å². The molecular weight excluding hydrogens is 480 g/mol. The molecule has 0 aliphatic carbocycles. The number of phenolic OH excluding ortho intramolecular Hbond substituents is 1. The quantitative estimate of drug-likeness (QED) is 0.548. The van der Waals surface area contributed by atoms with Gasteiger partial charge in [-0.05, 0) is 76.4 Å². The van der Waals surface area contributed by atoms with Crippen LogP contribution in [0.25, 0.3) is 0 Å². The molecule has 1 N–H and O–H groups in total. The van der Waals surface area contributed by atoms with Gasteiger partial charge in [0.1, 0.15) is 22.1 Å². The second kappa shape index (κ2) is 14.2. The van der Waals surface area contributed by atoms with Gasteiger partial charge in [0.15, 0.2) is 0 Å². The lowest BCUT2D eigenvalue weighted by atomic mass is 10.1. The number of carbonyl (C=O) groups is 1. The fourth-order valence-corrected chi connectivity index (χ4v) is 4.90. The number of aryl methyl sites for hydroxylation is 2. The molecule has 0 saturated carbocycles. The SMILES string of the molecule is CC.COC(C)(C)C.Cc1cc(C)cc(Oc2ccc(O)cc2S(=O)(=O)N2CCCN(C=O)CC2)c1. The molecule has 202 valence electrons. The van der Waals surface area contributed by atoms with Crippen LogP contribution >= 0.6 is 0 Å². The van der Waals surface area contributed by atoms with Gasteiger partial charge in [-0.2, -0.15) is 4.31 Å². The van der Waals surface area contributed by atoms with E-state index in [0.717, 1.165) is 17.5 Å². The molecule has 0 unspecified atom stereocenters. The summed E-state index contributed by atoms with van der Waals surface area (Å²) in [6.45, 7) is 15.3. The number of phenols is 1. The Morgan fingerprint density at radius 2 is 1.53 bits per heavy atom. The minimum atomic E-state index is -3.90. The monoisotopic (exact) mass is 522 g/mol. The normalized spacial score (nSPS) is 14.5. The average molecular weight is 523 g/mol. The molecule has 1 aliphatic heterocycles. The highest BCUT2D eigenvalue weighted by Gasteiger charge is 2.30. The van der Waals surface area contributed by atoms with Crippen molar-refractivity contribution >= 4 is 16.4 Å². The lowest BCUT2D eigenvalue weighted by molar-refractivity contribution is -0.118. The van der Waals surface area contributed by atoms with Crippen molar-refractivity contribution in [1.82, 2.24) is 9.21 Å². The number of methoxy groups -OCH3 is 1. The zero-order valence-electron chi connectivity index (χ0n) is 22.9. The number of nitrogens with zero attached hydrogens (tertiary/aromatic N) is 2. The number of sulfonamides is 1. The van der Waals surface area contributed by atoms with Gasteiger partial charge in [0.2, 0.25) is 16.4 Å². The van der Waals surface area contributed by atoms with Gasteiger partial charge >= 0.3 is 0 Å². The molecule has 1 heterocycles. The molecule has 3 rings (SSSR count). The number of ether oxygens (including phenoxy) is 2. The summed E-state index contributed by atoms with van der Waals surface area (Å²) in [6, 6.07) is 9.70. The van der Waals surface area contributed by atoms with E-state index in [1.54, 1.807) is 12.0 Å². The van der Waals surface area contributed by atoms with Crippen molar-refractivity contribution in [2.75, 3.05) is 33.3 Å². The van der Waals surface area contributed by atoms with E-state index in [-0.39, 0.29) is 28.5 Å². The Hall–Kier alpha value is -2.62. The van der Waals surface area contributed by atoms with E-state index in [4.69, 9.17) is 9.47 Å². The molecule has 0 radical (unpaired) electrons. The van der Waals surface area contributed by atoms with Crippen LogP contribution in [0.5, 0.6) is 17.2 Å². The van der Waals surface area contributed by atoms with E-state index in [2.05, 4.69) is 0 Å². The summed E-state index contributed by atoms with van der Waals surface area (Å²) in [5, 5.41) is 9.90. The zero-order chi connectivity index (χ0) is 27.5. The zero-order valence-corrected chi connectivity index (χ0v) is 23.7. The molecule has 0 aromatic heterocycles. The summed E-state index contributed by atoms with van der Waals surface area (Å²) in [5.74, 6) is 0.526. The summed E-state index contributed by atoms with van der Waals surface area (Å²) in [4.78, 5) is 12.5. The summed E-state index contributed by atoms with van der Waals surface area (Å²) in [7, 11) is -2.20. The number of rotatable bonds is 5. The van der Waals surface area contributed by atoms with Crippen molar-refractivity contribution in [3.63, 3.8) is 0 Å². The van der Waals surface area contributed by atoms with E-state index < -0.39 is 10.0 Å². The third-order valence-corrected chi connectivity index (χ3v) is 7.14. The first kappa shape index (κ1) is 31.4. The molecule has 0 spiro atoms. The van der Waals surface area contributed by atoms with Crippen molar-refractivity contribution in [1.29, 1.82) is 0 Å². The molecule has 2 aromatic carbocycles. The van der Waals surface area contributed by atoms with Crippen LogP contribution in [-0.4, -0.2) is 68.0 Å². The van der Waals surface area contributed by atoms with Crippen molar-refractivity contribution in [2.45, 2.75) is 65.4 Å².